The first-order valence-electron chi connectivity index (χ1n) is 10.0. The fourth-order valence-corrected chi connectivity index (χ4v) is 3.55. The molecule has 0 bridgehead atoms. The number of aromatic nitrogens is 2. The first-order chi connectivity index (χ1) is 14.1. The van der Waals surface area contributed by atoms with E-state index >= 15 is 0 Å². The van der Waals surface area contributed by atoms with Crippen LogP contribution in [-0.4, -0.2) is 22.2 Å². The number of benzene rings is 2. The Hall–Kier alpha value is -3.15. The topological polar surface area (TPSA) is 77.2 Å². The fourth-order valence-electron chi connectivity index (χ4n) is 3.55. The number of carbonyl (C=O) groups excluding carboxylic acids is 1. The smallest absolute Gasteiger partial charge is 0.261 e. The number of hydrogen-bond donors (Lipinski definition) is 1. The van der Waals surface area contributed by atoms with Gasteiger partial charge in [-0.15, -0.1) is 0 Å². The van der Waals surface area contributed by atoms with Gasteiger partial charge in [-0.05, 0) is 56.7 Å². The Bertz CT molecular complexity index is 995. The van der Waals surface area contributed by atoms with Crippen molar-refractivity contribution in [3.8, 4) is 17.1 Å². The lowest BCUT2D eigenvalue weighted by molar-refractivity contribution is -0.127. The summed E-state index contributed by atoms with van der Waals surface area (Å²) in [5, 5.41) is 6.80. The van der Waals surface area contributed by atoms with Crippen LogP contribution in [0.3, 0.4) is 0 Å². The molecule has 0 radical (unpaired) electrons. The zero-order chi connectivity index (χ0) is 20.2. The van der Waals surface area contributed by atoms with E-state index in [4.69, 9.17) is 9.26 Å². The van der Waals surface area contributed by atoms with Gasteiger partial charge in [0.05, 0.1) is 6.54 Å². The van der Waals surface area contributed by atoms with Crippen LogP contribution in [0, 0.1) is 6.92 Å². The molecule has 29 heavy (non-hydrogen) atoms. The molecule has 0 spiro atoms. The van der Waals surface area contributed by atoms with Gasteiger partial charge in [-0.3, -0.25) is 4.79 Å². The van der Waals surface area contributed by atoms with Crippen LogP contribution in [0.2, 0.25) is 0 Å². The Morgan fingerprint density at radius 3 is 2.79 bits per heavy atom. The van der Waals surface area contributed by atoms with E-state index in [1.165, 1.54) is 23.1 Å². The molecular formula is C23H25N3O3. The summed E-state index contributed by atoms with van der Waals surface area (Å²) in [7, 11) is 0. The van der Waals surface area contributed by atoms with Crippen molar-refractivity contribution >= 4 is 5.91 Å². The van der Waals surface area contributed by atoms with Crippen molar-refractivity contribution in [3.63, 3.8) is 0 Å². The summed E-state index contributed by atoms with van der Waals surface area (Å²) in [6, 6.07) is 14.0. The zero-order valence-corrected chi connectivity index (χ0v) is 16.8. The molecule has 150 valence electrons. The number of nitrogens with one attached hydrogen (secondary N) is 1. The maximum absolute atomic E-state index is 12.5. The van der Waals surface area contributed by atoms with Gasteiger partial charge in [0.15, 0.2) is 6.10 Å². The molecule has 4 rings (SSSR count). The van der Waals surface area contributed by atoms with Crippen LogP contribution in [0.1, 0.15) is 42.3 Å². The molecule has 3 aromatic rings. The molecule has 0 saturated carbocycles. The maximum Gasteiger partial charge on any atom is 0.261 e. The minimum Gasteiger partial charge on any atom is -0.481 e. The van der Waals surface area contributed by atoms with Gasteiger partial charge in [-0.2, -0.15) is 4.98 Å². The van der Waals surface area contributed by atoms with Crippen LogP contribution in [0.4, 0.5) is 0 Å². The van der Waals surface area contributed by atoms with E-state index in [1.807, 2.05) is 43.3 Å². The van der Waals surface area contributed by atoms with Crippen LogP contribution in [0.5, 0.6) is 5.75 Å². The van der Waals surface area contributed by atoms with E-state index in [0.717, 1.165) is 30.6 Å². The summed E-state index contributed by atoms with van der Waals surface area (Å²) in [6.07, 6.45) is 3.84. The molecule has 1 unspecified atom stereocenters. The molecule has 2 aromatic carbocycles. The number of nitrogens with zero attached hydrogens (tertiary/aromatic N) is 2. The van der Waals surface area contributed by atoms with Gasteiger partial charge < -0.3 is 14.6 Å². The second-order valence-electron chi connectivity index (χ2n) is 7.46. The molecule has 1 aliphatic rings. The molecule has 1 atom stereocenters. The van der Waals surface area contributed by atoms with Crippen molar-refractivity contribution in [2.75, 3.05) is 0 Å². The Morgan fingerprint density at radius 2 is 1.97 bits per heavy atom. The van der Waals surface area contributed by atoms with E-state index in [1.54, 1.807) is 6.92 Å². The van der Waals surface area contributed by atoms with Crippen molar-refractivity contribution in [3.05, 3.63) is 65.0 Å². The molecule has 6 heteroatoms. The molecule has 0 saturated heterocycles. The largest absolute Gasteiger partial charge is 0.481 e. The highest BCUT2D eigenvalue weighted by molar-refractivity contribution is 5.80. The van der Waals surface area contributed by atoms with Crippen LogP contribution >= 0.6 is 0 Å². The average molecular weight is 391 g/mol. The molecule has 1 heterocycles. The number of fused-ring (bicyclic) bond motifs is 1. The minimum atomic E-state index is -0.608. The highest BCUT2D eigenvalue weighted by Crippen LogP contribution is 2.30. The highest BCUT2D eigenvalue weighted by Gasteiger charge is 2.20. The van der Waals surface area contributed by atoms with Crippen LogP contribution in [0.15, 0.2) is 47.0 Å². The lowest BCUT2D eigenvalue weighted by atomic mass is 9.91. The third-order valence-electron chi connectivity index (χ3n) is 5.22. The first kappa shape index (κ1) is 19.2. The third-order valence-corrected chi connectivity index (χ3v) is 5.22. The zero-order valence-electron chi connectivity index (χ0n) is 16.8. The molecule has 1 aliphatic carbocycles. The van der Waals surface area contributed by atoms with Crippen molar-refractivity contribution in [2.45, 2.75) is 52.2 Å². The summed E-state index contributed by atoms with van der Waals surface area (Å²) in [6.45, 7) is 3.94. The summed E-state index contributed by atoms with van der Waals surface area (Å²) >= 11 is 0. The van der Waals surface area contributed by atoms with Crippen LogP contribution in [0.25, 0.3) is 11.4 Å². The standard InChI is InChI=1S/C23H25N3O3/c1-15-10-12-18(13-11-15)22-25-21(29-26-22)14-24-23(27)16(2)28-20-9-5-7-17-6-3-4-8-19(17)20/h5,7,9-13,16H,3-4,6,8,14H2,1-2H3,(H,24,27). The van der Waals surface area contributed by atoms with E-state index in [-0.39, 0.29) is 12.5 Å². The number of amides is 1. The second kappa shape index (κ2) is 8.47. The molecule has 1 N–H and O–H groups in total. The van der Waals surface area contributed by atoms with Gasteiger partial charge in [0, 0.05) is 5.56 Å². The summed E-state index contributed by atoms with van der Waals surface area (Å²) in [4.78, 5) is 16.8. The number of hydrogen-bond acceptors (Lipinski definition) is 5. The van der Waals surface area contributed by atoms with Gasteiger partial charge in [0.1, 0.15) is 5.75 Å². The first-order valence-corrected chi connectivity index (χ1v) is 10.0. The molecule has 1 aromatic heterocycles. The lowest BCUT2D eigenvalue weighted by Crippen LogP contribution is -2.36. The summed E-state index contributed by atoms with van der Waals surface area (Å²) in [5.74, 6) is 1.46. The van der Waals surface area contributed by atoms with Crippen molar-refractivity contribution in [1.29, 1.82) is 0 Å². The van der Waals surface area contributed by atoms with E-state index < -0.39 is 6.10 Å². The van der Waals surface area contributed by atoms with Gasteiger partial charge in [0.25, 0.3) is 5.91 Å². The number of carbonyl (C=O) groups is 1. The van der Waals surface area contributed by atoms with Crippen LogP contribution in [-0.2, 0) is 24.2 Å². The molecule has 0 fully saturated rings. The van der Waals surface area contributed by atoms with Gasteiger partial charge >= 0.3 is 0 Å². The van der Waals surface area contributed by atoms with Gasteiger partial charge in [-0.1, -0.05) is 47.1 Å². The molecule has 6 nitrogen and oxygen atoms in total. The maximum atomic E-state index is 12.5. The predicted octanol–water partition coefficient (Wildman–Crippen LogP) is 4.01. The Labute approximate surface area is 170 Å². The van der Waals surface area contributed by atoms with Crippen molar-refractivity contribution in [2.24, 2.45) is 0 Å². The van der Waals surface area contributed by atoms with E-state index in [2.05, 4.69) is 21.5 Å². The third kappa shape index (κ3) is 4.47. The monoisotopic (exact) mass is 391 g/mol. The SMILES string of the molecule is Cc1ccc(-c2noc(CNC(=O)C(C)Oc3cccc4c3CCCC4)n2)cc1. The normalized spacial score (nSPS) is 14.1. The van der Waals surface area contributed by atoms with Crippen LogP contribution < -0.4 is 10.1 Å². The quantitative estimate of drug-likeness (QED) is 0.687. The molecule has 0 aliphatic heterocycles. The number of aryl methyl sites for hydroxylation is 2. The van der Waals surface area contributed by atoms with E-state index in [9.17, 15) is 4.79 Å². The molecular weight excluding hydrogens is 366 g/mol. The number of rotatable bonds is 6. The minimum absolute atomic E-state index is 0.165. The Morgan fingerprint density at radius 1 is 1.17 bits per heavy atom. The van der Waals surface area contributed by atoms with E-state index in [0.29, 0.717) is 11.7 Å². The average Bonchev–Trinajstić information content (AvgIpc) is 3.22. The highest BCUT2D eigenvalue weighted by atomic mass is 16.5. The predicted molar refractivity (Wildman–Crippen MR) is 109 cm³/mol. The summed E-state index contributed by atoms with van der Waals surface area (Å²) in [5.41, 5.74) is 4.61. The Balaban J connectivity index is 1.35. The van der Waals surface area contributed by atoms with Crippen molar-refractivity contribution in [1.82, 2.24) is 15.5 Å². The lowest BCUT2D eigenvalue weighted by Gasteiger charge is -2.21. The summed E-state index contributed by atoms with van der Waals surface area (Å²) < 4.78 is 11.2. The fraction of sp³-hybridized carbons (Fsp3) is 0.348. The van der Waals surface area contributed by atoms with Crippen molar-refractivity contribution < 1.29 is 14.1 Å². The van der Waals surface area contributed by atoms with Gasteiger partial charge in [-0.25, -0.2) is 0 Å². The molecule has 1 amide bonds. The second-order valence-corrected chi connectivity index (χ2v) is 7.46. The Kier molecular flexibility index (Phi) is 5.60. The van der Waals surface area contributed by atoms with Gasteiger partial charge in [0.2, 0.25) is 11.7 Å². The number of ether oxygens (including phenoxy) is 1.